The van der Waals surface area contributed by atoms with E-state index in [-0.39, 0.29) is 12.5 Å². The van der Waals surface area contributed by atoms with Gasteiger partial charge < -0.3 is 24.9 Å². The lowest BCUT2D eigenvalue weighted by Crippen LogP contribution is -2.11. The Kier molecular flexibility index (Phi) is 6.69. The number of amides is 1. The van der Waals surface area contributed by atoms with Crippen LogP contribution in [0.2, 0.25) is 0 Å². The summed E-state index contributed by atoms with van der Waals surface area (Å²) in [5.41, 5.74) is 6.54. The summed E-state index contributed by atoms with van der Waals surface area (Å²) in [7, 11) is 0. The minimum Gasteiger partial charge on any atom is -0.490 e. The van der Waals surface area contributed by atoms with E-state index < -0.39 is 0 Å². The van der Waals surface area contributed by atoms with Crippen molar-refractivity contribution >= 4 is 11.6 Å². The van der Waals surface area contributed by atoms with E-state index in [0.717, 1.165) is 12.8 Å². The third kappa shape index (κ3) is 4.76. The maximum Gasteiger partial charge on any atom is 0.258 e. The van der Waals surface area contributed by atoms with E-state index in [1.165, 1.54) is 6.26 Å². The number of furan rings is 1. The SMILES string of the molecule is CCCOc1ccc(NC(=O)c2coc(CN)c2)cc1OCCC. The third-order valence-electron chi connectivity index (χ3n) is 3.24. The molecule has 0 aliphatic rings. The number of ether oxygens (including phenoxy) is 2. The van der Waals surface area contributed by atoms with Crippen LogP contribution in [-0.2, 0) is 6.54 Å². The quantitative estimate of drug-likeness (QED) is 0.733. The summed E-state index contributed by atoms with van der Waals surface area (Å²) in [6.45, 7) is 5.53. The molecular formula is C18H24N2O4. The summed E-state index contributed by atoms with van der Waals surface area (Å²) >= 11 is 0. The first-order valence-corrected chi connectivity index (χ1v) is 8.16. The van der Waals surface area contributed by atoms with Crippen LogP contribution in [0.5, 0.6) is 11.5 Å². The second-order valence-corrected chi connectivity index (χ2v) is 5.32. The maximum atomic E-state index is 12.2. The van der Waals surface area contributed by atoms with Crippen molar-refractivity contribution < 1.29 is 18.7 Å². The Morgan fingerprint density at radius 2 is 1.83 bits per heavy atom. The Bertz CT molecular complexity index is 667. The number of rotatable bonds is 9. The van der Waals surface area contributed by atoms with E-state index in [0.29, 0.717) is 41.7 Å². The normalized spacial score (nSPS) is 10.5. The van der Waals surface area contributed by atoms with Crippen LogP contribution in [0.1, 0.15) is 42.8 Å². The van der Waals surface area contributed by atoms with Crippen molar-refractivity contribution in [2.75, 3.05) is 18.5 Å². The fraction of sp³-hybridized carbons (Fsp3) is 0.389. The number of benzene rings is 1. The predicted octanol–water partition coefficient (Wildman–Crippen LogP) is 3.57. The number of hydrogen-bond acceptors (Lipinski definition) is 5. The molecule has 1 amide bonds. The van der Waals surface area contributed by atoms with Crippen LogP contribution in [0.15, 0.2) is 34.9 Å². The van der Waals surface area contributed by atoms with Gasteiger partial charge in [-0.15, -0.1) is 0 Å². The Morgan fingerprint density at radius 1 is 1.12 bits per heavy atom. The van der Waals surface area contributed by atoms with Crippen LogP contribution in [0.25, 0.3) is 0 Å². The zero-order valence-corrected chi connectivity index (χ0v) is 14.1. The Hall–Kier alpha value is -2.47. The fourth-order valence-corrected chi connectivity index (χ4v) is 2.05. The summed E-state index contributed by atoms with van der Waals surface area (Å²) in [4.78, 5) is 12.2. The number of carbonyl (C=O) groups excluding carboxylic acids is 1. The van der Waals surface area contributed by atoms with Crippen LogP contribution >= 0.6 is 0 Å². The summed E-state index contributed by atoms with van der Waals surface area (Å²) in [5, 5.41) is 2.82. The first-order chi connectivity index (χ1) is 11.7. The van der Waals surface area contributed by atoms with E-state index in [2.05, 4.69) is 5.32 Å². The minimum absolute atomic E-state index is 0.256. The predicted molar refractivity (Wildman–Crippen MR) is 92.6 cm³/mol. The zero-order valence-electron chi connectivity index (χ0n) is 14.1. The van der Waals surface area contributed by atoms with Gasteiger partial charge in [0, 0.05) is 11.8 Å². The molecule has 24 heavy (non-hydrogen) atoms. The maximum absolute atomic E-state index is 12.2. The number of carbonyl (C=O) groups is 1. The van der Waals surface area contributed by atoms with Gasteiger partial charge in [0.15, 0.2) is 11.5 Å². The lowest BCUT2D eigenvalue weighted by atomic mass is 10.2. The molecule has 0 unspecified atom stereocenters. The largest absolute Gasteiger partial charge is 0.490 e. The number of nitrogens with two attached hydrogens (primary N) is 1. The summed E-state index contributed by atoms with van der Waals surface area (Å²) in [6.07, 6.45) is 3.20. The Labute approximate surface area is 141 Å². The van der Waals surface area contributed by atoms with E-state index >= 15 is 0 Å². The van der Waals surface area contributed by atoms with Gasteiger partial charge >= 0.3 is 0 Å². The van der Waals surface area contributed by atoms with Gasteiger partial charge in [0.05, 0.1) is 25.3 Å². The summed E-state index contributed by atoms with van der Waals surface area (Å²) in [6, 6.07) is 6.98. The molecule has 0 saturated heterocycles. The Morgan fingerprint density at radius 3 is 2.46 bits per heavy atom. The van der Waals surface area contributed by atoms with Gasteiger partial charge in [-0.2, -0.15) is 0 Å². The van der Waals surface area contributed by atoms with Crippen LogP contribution in [0.3, 0.4) is 0 Å². The van der Waals surface area contributed by atoms with E-state index in [1.54, 1.807) is 24.3 Å². The van der Waals surface area contributed by atoms with Crippen molar-refractivity contribution in [1.29, 1.82) is 0 Å². The zero-order chi connectivity index (χ0) is 17.4. The first-order valence-electron chi connectivity index (χ1n) is 8.16. The molecular weight excluding hydrogens is 308 g/mol. The highest BCUT2D eigenvalue weighted by Gasteiger charge is 2.12. The molecule has 0 saturated carbocycles. The number of hydrogen-bond donors (Lipinski definition) is 2. The first kappa shape index (κ1) is 17.9. The van der Waals surface area contributed by atoms with Gasteiger partial charge in [-0.25, -0.2) is 0 Å². The third-order valence-corrected chi connectivity index (χ3v) is 3.24. The van der Waals surface area contributed by atoms with E-state index in [1.807, 2.05) is 13.8 Å². The van der Waals surface area contributed by atoms with Gasteiger partial charge in [0.1, 0.15) is 12.0 Å². The van der Waals surface area contributed by atoms with E-state index in [9.17, 15) is 4.79 Å². The van der Waals surface area contributed by atoms with Crippen LogP contribution in [-0.4, -0.2) is 19.1 Å². The van der Waals surface area contributed by atoms with Crippen molar-refractivity contribution in [3.05, 3.63) is 41.9 Å². The average Bonchev–Trinajstić information content (AvgIpc) is 3.08. The molecule has 0 fully saturated rings. The van der Waals surface area contributed by atoms with Crippen molar-refractivity contribution in [3.63, 3.8) is 0 Å². The molecule has 3 N–H and O–H groups in total. The molecule has 2 aromatic rings. The molecule has 130 valence electrons. The van der Waals surface area contributed by atoms with Gasteiger partial charge in [-0.05, 0) is 31.0 Å². The lowest BCUT2D eigenvalue weighted by Gasteiger charge is -2.14. The molecule has 2 rings (SSSR count). The molecule has 0 aliphatic carbocycles. The van der Waals surface area contributed by atoms with Crippen molar-refractivity contribution in [3.8, 4) is 11.5 Å². The van der Waals surface area contributed by atoms with Crippen molar-refractivity contribution in [1.82, 2.24) is 0 Å². The van der Waals surface area contributed by atoms with Crippen molar-refractivity contribution in [2.24, 2.45) is 5.73 Å². The van der Waals surface area contributed by atoms with Crippen LogP contribution < -0.4 is 20.5 Å². The molecule has 6 heteroatoms. The topological polar surface area (TPSA) is 86.7 Å². The highest BCUT2D eigenvalue weighted by molar-refractivity contribution is 6.04. The number of anilines is 1. The highest BCUT2D eigenvalue weighted by atomic mass is 16.5. The van der Waals surface area contributed by atoms with E-state index in [4.69, 9.17) is 19.6 Å². The monoisotopic (exact) mass is 332 g/mol. The second kappa shape index (κ2) is 8.98. The van der Waals surface area contributed by atoms with Gasteiger partial charge in [-0.1, -0.05) is 13.8 Å². The summed E-state index contributed by atoms with van der Waals surface area (Å²) in [5.74, 6) is 1.60. The molecule has 0 spiro atoms. The molecule has 0 aliphatic heterocycles. The number of nitrogens with one attached hydrogen (secondary N) is 1. The molecule has 1 aromatic carbocycles. The van der Waals surface area contributed by atoms with Gasteiger partial charge in [0.25, 0.3) is 5.91 Å². The van der Waals surface area contributed by atoms with Crippen LogP contribution in [0, 0.1) is 0 Å². The summed E-state index contributed by atoms with van der Waals surface area (Å²) < 4.78 is 16.6. The highest BCUT2D eigenvalue weighted by Crippen LogP contribution is 2.31. The minimum atomic E-state index is -0.262. The molecule has 1 aromatic heterocycles. The molecule has 0 bridgehead atoms. The smallest absolute Gasteiger partial charge is 0.258 e. The molecule has 1 heterocycles. The molecule has 0 radical (unpaired) electrons. The van der Waals surface area contributed by atoms with Crippen LogP contribution in [0.4, 0.5) is 5.69 Å². The second-order valence-electron chi connectivity index (χ2n) is 5.32. The Balaban J connectivity index is 2.12. The molecule has 0 atom stereocenters. The molecule has 6 nitrogen and oxygen atoms in total. The fourth-order valence-electron chi connectivity index (χ4n) is 2.05. The van der Waals surface area contributed by atoms with Crippen molar-refractivity contribution in [2.45, 2.75) is 33.2 Å². The van der Waals surface area contributed by atoms with Gasteiger partial charge in [-0.3, -0.25) is 4.79 Å². The lowest BCUT2D eigenvalue weighted by molar-refractivity contribution is 0.102. The van der Waals surface area contributed by atoms with Gasteiger partial charge in [0.2, 0.25) is 0 Å². The standard InChI is InChI=1S/C18H24N2O4/c1-3-7-22-16-6-5-14(10-17(16)23-8-4-2)20-18(21)13-9-15(11-19)24-12-13/h5-6,9-10,12H,3-4,7-8,11,19H2,1-2H3,(H,20,21). The average molecular weight is 332 g/mol.